The quantitative estimate of drug-likeness (QED) is 0.786. The molecule has 0 fully saturated rings. The molecule has 0 aliphatic heterocycles. The monoisotopic (exact) mass is 272 g/mol. The Hall–Kier alpha value is -2.86. The lowest BCUT2D eigenvalue weighted by atomic mass is 10.1. The van der Waals surface area contributed by atoms with Crippen LogP contribution in [0.3, 0.4) is 0 Å². The molecule has 3 rings (SSSR count). The molecule has 0 atom stereocenters. The molecule has 0 amide bonds. The first kappa shape index (κ1) is 13.1. The van der Waals surface area contributed by atoms with Gasteiger partial charge in [0.2, 0.25) is 0 Å². The van der Waals surface area contributed by atoms with Gasteiger partial charge in [-0.2, -0.15) is 5.26 Å². The van der Waals surface area contributed by atoms with Gasteiger partial charge in [-0.25, -0.2) is 4.98 Å². The third-order valence-corrected chi connectivity index (χ3v) is 3.28. The molecule has 101 valence electrons. The zero-order valence-corrected chi connectivity index (χ0v) is 11.5. The Morgan fingerprint density at radius 2 is 1.81 bits per heavy atom. The number of H-pyrrole nitrogens is 1. The minimum atomic E-state index is 0.658. The van der Waals surface area contributed by atoms with E-state index in [0.29, 0.717) is 5.56 Å². The molecule has 0 saturated heterocycles. The lowest BCUT2D eigenvalue weighted by Gasteiger charge is -1.98. The smallest absolute Gasteiger partial charge is 0.110 e. The summed E-state index contributed by atoms with van der Waals surface area (Å²) in [6.07, 6.45) is 4.81. The van der Waals surface area contributed by atoms with Gasteiger partial charge in [0.1, 0.15) is 5.82 Å². The molecule has 3 nitrogen and oxygen atoms in total. The zero-order valence-electron chi connectivity index (χ0n) is 11.5. The Morgan fingerprint density at radius 3 is 2.52 bits per heavy atom. The molecule has 0 spiro atoms. The fourth-order valence-electron chi connectivity index (χ4n) is 2.13. The molecule has 1 aromatic heterocycles. The van der Waals surface area contributed by atoms with Crippen LogP contribution >= 0.6 is 0 Å². The highest BCUT2D eigenvalue weighted by Crippen LogP contribution is 2.18. The van der Waals surface area contributed by atoms with E-state index in [9.17, 15) is 0 Å². The highest BCUT2D eigenvalue weighted by atomic mass is 14.9. The molecule has 1 N–H and O–H groups in total. The predicted octanol–water partition coefficient (Wildman–Crippen LogP) is 3.74. The lowest BCUT2D eigenvalue weighted by molar-refractivity contribution is 1.07. The zero-order chi connectivity index (χ0) is 14.5. The minimum absolute atomic E-state index is 0.658. The first-order valence-corrected chi connectivity index (χ1v) is 6.78. The molecule has 21 heavy (non-hydrogen) atoms. The third kappa shape index (κ3) is 3.18. The van der Waals surface area contributed by atoms with Gasteiger partial charge in [0, 0.05) is 18.2 Å². The van der Waals surface area contributed by atoms with Crippen molar-refractivity contribution in [3.63, 3.8) is 0 Å². The van der Waals surface area contributed by atoms with Crippen molar-refractivity contribution in [3.05, 3.63) is 84.2 Å². The van der Waals surface area contributed by atoms with Crippen LogP contribution in [0.25, 0.3) is 11.3 Å². The van der Waals surface area contributed by atoms with E-state index in [1.807, 2.05) is 36.5 Å². The molecule has 0 aliphatic carbocycles. The second kappa shape index (κ2) is 6.06. The molecule has 3 heteroatoms. The number of nitriles is 1. The van der Waals surface area contributed by atoms with Crippen molar-refractivity contribution in [3.8, 4) is 17.3 Å². The van der Waals surface area contributed by atoms with E-state index in [2.05, 4.69) is 34.6 Å². The fraction of sp³-hybridized carbons (Fsp3) is 0.0556. The summed E-state index contributed by atoms with van der Waals surface area (Å²) in [6, 6.07) is 19.8. The van der Waals surface area contributed by atoms with E-state index >= 15 is 0 Å². The molecule has 1 radical (unpaired) electrons. The van der Waals surface area contributed by atoms with Gasteiger partial charge >= 0.3 is 0 Å². The van der Waals surface area contributed by atoms with Gasteiger partial charge in [0.25, 0.3) is 0 Å². The Morgan fingerprint density at radius 1 is 1.05 bits per heavy atom. The van der Waals surface area contributed by atoms with Crippen LogP contribution < -0.4 is 0 Å². The van der Waals surface area contributed by atoms with Crippen LogP contribution in [0.2, 0.25) is 0 Å². The van der Waals surface area contributed by atoms with Crippen molar-refractivity contribution in [1.82, 2.24) is 9.97 Å². The summed E-state index contributed by atoms with van der Waals surface area (Å²) in [5, 5.41) is 8.80. The maximum absolute atomic E-state index is 8.80. The number of hydrogen-bond acceptors (Lipinski definition) is 2. The number of imidazole rings is 1. The number of rotatable bonds is 4. The summed E-state index contributed by atoms with van der Waals surface area (Å²) in [5.41, 5.74) is 3.81. The normalized spacial score (nSPS) is 10.2. The van der Waals surface area contributed by atoms with Crippen molar-refractivity contribution in [1.29, 1.82) is 5.26 Å². The maximum atomic E-state index is 8.80. The van der Waals surface area contributed by atoms with Gasteiger partial charge in [-0.05, 0) is 24.1 Å². The molecule has 3 aromatic rings. The Balaban J connectivity index is 1.69. The maximum Gasteiger partial charge on any atom is 0.110 e. The van der Waals surface area contributed by atoms with Crippen LogP contribution in [-0.4, -0.2) is 9.97 Å². The first-order valence-electron chi connectivity index (χ1n) is 6.78. The molecule has 0 saturated carbocycles. The molecular weight excluding hydrogens is 258 g/mol. The van der Waals surface area contributed by atoms with E-state index in [-0.39, 0.29) is 0 Å². The topological polar surface area (TPSA) is 52.5 Å². The summed E-state index contributed by atoms with van der Waals surface area (Å²) in [5.74, 6) is 0.859. The second-order valence-corrected chi connectivity index (χ2v) is 4.75. The van der Waals surface area contributed by atoms with Crippen LogP contribution in [0, 0.1) is 17.8 Å². The molecular formula is C18H14N3. The van der Waals surface area contributed by atoms with Crippen LogP contribution in [0.1, 0.15) is 17.0 Å². The minimum Gasteiger partial charge on any atom is -0.348 e. The number of aromatic amines is 1. The van der Waals surface area contributed by atoms with E-state index in [0.717, 1.165) is 23.5 Å². The number of nitrogens with one attached hydrogen (secondary N) is 1. The SMILES string of the molecule is N#Cc1ccc(-c2c[nH]c([CH]Cc3ccccc3)n2)cc1. The molecule has 0 unspecified atom stereocenters. The largest absolute Gasteiger partial charge is 0.348 e. The van der Waals surface area contributed by atoms with Gasteiger partial charge in [-0.1, -0.05) is 42.5 Å². The fourth-order valence-corrected chi connectivity index (χ4v) is 2.13. The highest BCUT2D eigenvalue weighted by molar-refractivity contribution is 5.59. The number of aromatic nitrogens is 2. The Bertz CT molecular complexity index is 749. The highest BCUT2D eigenvalue weighted by Gasteiger charge is 2.04. The van der Waals surface area contributed by atoms with Crippen molar-refractivity contribution in [2.75, 3.05) is 0 Å². The van der Waals surface area contributed by atoms with Gasteiger partial charge in [-0.3, -0.25) is 0 Å². The van der Waals surface area contributed by atoms with Gasteiger partial charge in [-0.15, -0.1) is 0 Å². The predicted molar refractivity (Wildman–Crippen MR) is 82.3 cm³/mol. The van der Waals surface area contributed by atoms with Crippen LogP contribution in [0.4, 0.5) is 0 Å². The summed E-state index contributed by atoms with van der Waals surface area (Å²) < 4.78 is 0. The lowest BCUT2D eigenvalue weighted by Crippen LogP contribution is -1.90. The van der Waals surface area contributed by atoms with Gasteiger partial charge in [0.05, 0.1) is 17.3 Å². The standard InChI is InChI=1S/C18H14N3/c19-12-15-6-9-16(10-7-15)17-13-20-18(21-17)11-8-14-4-2-1-3-5-14/h1-7,9-11,13H,8H2,(H,20,21). The molecule has 2 aromatic carbocycles. The number of benzene rings is 2. The van der Waals surface area contributed by atoms with Crippen LogP contribution in [0.5, 0.6) is 0 Å². The molecule has 0 bridgehead atoms. The Labute approximate surface area is 123 Å². The van der Waals surface area contributed by atoms with E-state index < -0.39 is 0 Å². The summed E-state index contributed by atoms with van der Waals surface area (Å²) in [7, 11) is 0. The second-order valence-electron chi connectivity index (χ2n) is 4.75. The molecule has 1 heterocycles. The van der Waals surface area contributed by atoms with Crippen molar-refractivity contribution in [2.24, 2.45) is 0 Å². The van der Waals surface area contributed by atoms with Gasteiger partial charge in [0.15, 0.2) is 0 Å². The van der Waals surface area contributed by atoms with E-state index in [4.69, 9.17) is 5.26 Å². The van der Waals surface area contributed by atoms with Gasteiger partial charge < -0.3 is 4.98 Å². The van der Waals surface area contributed by atoms with Crippen molar-refractivity contribution in [2.45, 2.75) is 6.42 Å². The van der Waals surface area contributed by atoms with Crippen LogP contribution in [-0.2, 0) is 6.42 Å². The third-order valence-electron chi connectivity index (χ3n) is 3.28. The summed E-state index contributed by atoms with van der Waals surface area (Å²) in [4.78, 5) is 7.73. The van der Waals surface area contributed by atoms with E-state index in [1.165, 1.54) is 5.56 Å². The summed E-state index contributed by atoms with van der Waals surface area (Å²) >= 11 is 0. The van der Waals surface area contributed by atoms with Crippen LogP contribution in [0.15, 0.2) is 60.8 Å². The summed E-state index contributed by atoms with van der Waals surface area (Å²) in [6.45, 7) is 0. The molecule has 0 aliphatic rings. The first-order chi connectivity index (χ1) is 10.3. The number of hydrogen-bond donors (Lipinski definition) is 1. The van der Waals surface area contributed by atoms with Crippen molar-refractivity contribution >= 4 is 0 Å². The van der Waals surface area contributed by atoms with Crippen molar-refractivity contribution < 1.29 is 0 Å². The Kier molecular flexibility index (Phi) is 3.79. The average molecular weight is 272 g/mol. The average Bonchev–Trinajstić information content (AvgIpc) is 3.03. The number of nitrogens with zero attached hydrogens (tertiary/aromatic N) is 2. The van der Waals surface area contributed by atoms with E-state index in [1.54, 1.807) is 12.1 Å².